The van der Waals surface area contributed by atoms with Crippen molar-refractivity contribution in [2.24, 2.45) is 7.05 Å². The molecule has 0 unspecified atom stereocenters. The number of nitrogens with one attached hydrogen (secondary N) is 1. The number of hydrogen-bond donors (Lipinski definition) is 1. The summed E-state index contributed by atoms with van der Waals surface area (Å²) in [6.07, 6.45) is 1.15. The summed E-state index contributed by atoms with van der Waals surface area (Å²) in [6, 6.07) is 0. The van der Waals surface area contributed by atoms with Crippen LogP contribution in [0.4, 0.5) is 0 Å². The molecule has 0 saturated carbocycles. The molecule has 0 aliphatic heterocycles. The highest BCUT2D eigenvalue weighted by molar-refractivity contribution is 4.89. The van der Waals surface area contributed by atoms with Crippen LogP contribution in [0.3, 0.4) is 0 Å². The first kappa shape index (κ1) is 9.19. The molecule has 0 saturated heterocycles. The molecule has 1 rings (SSSR count). The van der Waals surface area contributed by atoms with Crippen LogP contribution in [0.5, 0.6) is 0 Å². The summed E-state index contributed by atoms with van der Waals surface area (Å²) in [7, 11) is 1.92. The SMILES string of the molecule is CCCNCc1nc(C)nn1C. The first-order chi connectivity index (χ1) is 5.74. The number of aromatic nitrogens is 3. The highest BCUT2D eigenvalue weighted by Crippen LogP contribution is 1.93. The smallest absolute Gasteiger partial charge is 0.147 e. The number of hydrogen-bond acceptors (Lipinski definition) is 3. The molecular formula is C8H16N4. The average Bonchev–Trinajstić information content (AvgIpc) is 2.31. The van der Waals surface area contributed by atoms with Crippen molar-refractivity contribution in [2.75, 3.05) is 6.54 Å². The van der Waals surface area contributed by atoms with Gasteiger partial charge in [-0.15, -0.1) is 0 Å². The number of rotatable bonds is 4. The van der Waals surface area contributed by atoms with Gasteiger partial charge in [-0.25, -0.2) is 4.98 Å². The molecule has 1 aromatic rings. The van der Waals surface area contributed by atoms with E-state index in [1.54, 1.807) is 0 Å². The molecule has 1 N–H and O–H groups in total. The second kappa shape index (κ2) is 4.21. The van der Waals surface area contributed by atoms with Gasteiger partial charge in [-0.2, -0.15) is 5.10 Å². The predicted octanol–water partition coefficient (Wildman–Crippen LogP) is 0.623. The monoisotopic (exact) mass is 168 g/mol. The van der Waals surface area contributed by atoms with Gasteiger partial charge in [-0.3, -0.25) is 4.68 Å². The van der Waals surface area contributed by atoms with Crippen LogP contribution in [-0.2, 0) is 13.6 Å². The summed E-state index contributed by atoms with van der Waals surface area (Å²) < 4.78 is 1.82. The Morgan fingerprint density at radius 1 is 1.50 bits per heavy atom. The second-order valence-corrected chi connectivity index (χ2v) is 2.88. The molecule has 0 radical (unpaired) electrons. The van der Waals surface area contributed by atoms with Gasteiger partial charge in [0.25, 0.3) is 0 Å². The van der Waals surface area contributed by atoms with E-state index < -0.39 is 0 Å². The van der Waals surface area contributed by atoms with Crippen molar-refractivity contribution in [3.8, 4) is 0 Å². The number of nitrogens with zero attached hydrogens (tertiary/aromatic N) is 3. The standard InChI is InChI=1S/C8H16N4/c1-4-5-9-6-8-10-7(2)11-12(8)3/h9H,4-6H2,1-3H3. The molecule has 68 valence electrons. The van der Waals surface area contributed by atoms with Gasteiger partial charge in [0.1, 0.15) is 11.6 Å². The first-order valence-corrected chi connectivity index (χ1v) is 4.31. The first-order valence-electron chi connectivity index (χ1n) is 4.31. The minimum absolute atomic E-state index is 0.811. The van der Waals surface area contributed by atoms with Crippen molar-refractivity contribution in [1.82, 2.24) is 20.1 Å². The van der Waals surface area contributed by atoms with Crippen LogP contribution in [0.25, 0.3) is 0 Å². The molecule has 1 aromatic heterocycles. The summed E-state index contributed by atoms with van der Waals surface area (Å²) in [6.45, 7) is 5.90. The Labute approximate surface area is 73.0 Å². The molecule has 0 atom stereocenters. The third-order valence-corrected chi connectivity index (χ3v) is 1.67. The molecule has 0 amide bonds. The Kier molecular flexibility index (Phi) is 3.22. The lowest BCUT2D eigenvalue weighted by Gasteiger charge is -2.00. The van der Waals surface area contributed by atoms with E-state index in [2.05, 4.69) is 22.3 Å². The molecule has 0 aliphatic rings. The van der Waals surface area contributed by atoms with Gasteiger partial charge in [0.05, 0.1) is 6.54 Å². The Hall–Kier alpha value is -0.900. The van der Waals surface area contributed by atoms with Crippen LogP contribution in [0.1, 0.15) is 25.0 Å². The van der Waals surface area contributed by atoms with Gasteiger partial charge in [-0.1, -0.05) is 6.92 Å². The molecule has 12 heavy (non-hydrogen) atoms. The van der Waals surface area contributed by atoms with E-state index in [0.29, 0.717) is 0 Å². The second-order valence-electron chi connectivity index (χ2n) is 2.88. The van der Waals surface area contributed by atoms with Gasteiger partial charge in [-0.05, 0) is 19.9 Å². The third-order valence-electron chi connectivity index (χ3n) is 1.67. The highest BCUT2D eigenvalue weighted by Gasteiger charge is 2.01. The predicted molar refractivity (Wildman–Crippen MR) is 47.7 cm³/mol. The van der Waals surface area contributed by atoms with Crippen molar-refractivity contribution >= 4 is 0 Å². The van der Waals surface area contributed by atoms with E-state index in [1.807, 2.05) is 18.7 Å². The van der Waals surface area contributed by atoms with Gasteiger partial charge in [0.15, 0.2) is 0 Å². The zero-order chi connectivity index (χ0) is 8.97. The van der Waals surface area contributed by atoms with Gasteiger partial charge in [0, 0.05) is 7.05 Å². The molecule has 1 heterocycles. The Bertz CT molecular complexity index is 241. The fourth-order valence-electron chi connectivity index (χ4n) is 1.09. The van der Waals surface area contributed by atoms with E-state index in [-0.39, 0.29) is 0 Å². The number of aryl methyl sites for hydroxylation is 2. The van der Waals surface area contributed by atoms with E-state index in [0.717, 1.165) is 31.2 Å². The van der Waals surface area contributed by atoms with Crippen molar-refractivity contribution in [3.63, 3.8) is 0 Å². The van der Waals surface area contributed by atoms with Crippen molar-refractivity contribution in [2.45, 2.75) is 26.8 Å². The fourth-order valence-corrected chi connectivity index (χ4v) is 1.09. The maximum atomic E-state index is 4.27. The maximum Gasteiger partial charge on any atom is 0.147 e. The molecule has 0 fully saturated rings. The van der Waals surface area contributed by atoms with E-state index >= 15 is 0 Å². The minimum atomic E-state index is 0.811. The lowest BCUT2D eigenvalue weighted by Crippen LogP contribution is -2.17. The van der Waals surface area contributed by atoms with Crippen LogP contribution in [0.15, 0.2) is 0 Å². The molecule has 0 aromatic carbocycles. The molecule has 4 heteroatoms. The summed E-state index contributed by atoms with van der Waals surface area (Å²) in [5.74, 6) is 1.84. The Morgan fingerprint density at radius 3 is 2.75 bits per heavy atom. The Morgan fingerprint density at radius 2 is 2.25 bits per heavy atom. The highest BCUT2D eigenvalue weighted by atomic mass is 15.3. The van der Waals surface area contributed by atoms with Gasteiger partial charge >= 0.3 is 0 Å². The van der Waals surface area contributed by atoms with Crippen molar-refractivity contribution < 1.29 is 0 Å². The maximum absolute atomic E-state index is 4.27. The molecule has 0 aliphatic carbocycles. The van der Waals surface area contributed by atoms with E-state index in [9.17, 15) is 0 Å². The van der Waals surface area contributed by atoms with Crippen LogP contribution in [-0.4, -0.2) is 21.3 Å². The molecule has 0 spiro atoms. The quantitative estimate of drug-likeness (QED) is 0.670. The molecular weight excluding hydrogens is 152 g/mol. The van der Waals surface area contributed by atoms with Crippen molar-refractivity contribution in [3.05, 3.63) is 11.6 Å². The average molecular weight is 168 g/mol. The topological polar surface area (TPSA) is 42.7 Å². The zero-order valence-electron chi connectivity index (χ0n) is 7.96. The van der Waals surface area contributed by atoms with Crippen LogP contribution in [0, 0.1) is 6.92 Å². The molecule has 4 nitrogen and oxygen atoms in total. The van der Waals surface area contributed by atoms with Crippen LogP contribution in [0.2, 0.25) is 0 Å². The minimum Gasteiger partial charge on any atom is -0.310 e. The normalized spacial score (nSPS) is 10.6. The molecule has 0 bridgehead atoms. The van der Waals surface area contributed by atoms with Crippen molar-refractivity contribution in [1.29, 1.82) is 0 Å². The fraction of sp³-hybridized carbons (Fsp3) is 0.750. The zero-order valence-corrected chi connectivity index (χ0v) is 7.96. The van der Waals surface area contributed by atoms with Crippen LogP contribution >= 0.6 is 0 Å². The summed E-state index contributed by atoms with van der Waals surface area (Å²) >= 11 is 0. The lowest BCUT2D eigenvalue weighted by atomic mass is 10.4. The Balaban J connectivity index is 2.45. The lowest BCUT2D eigenvalue weighted by molar-refractivity contribution is 0.609. The summed E-state index contributed by atoms with van der Waals surface area (Å²) in [4.78, 5) is 4.27. The van der Waals surface area contributed by atoms with Gasteiger partial charge in [0.2, 0.25) is 0 Å². The van der Waals surface area contributed by atoms with Crippen LogP contribution < -0.4 is 5.32 Å². The van der Waals surface area contributed by atoms with Gasteiger partial charge < -0.3 is 5.32 Å². The van der Waals surface area contributed by atoms with E-state index in [4.69, 9.17) is 0 Å². The third kappa shape index (κ3) is 2.30. The van der Waals surface area contributed by atoms with E-state index in [1.165, 1.54) is 0 Å². The summed E-state index contributed by atoms with van der Waals surface area (Å²) in [5, 5.41) is 7.44. The largest absolute Gasteiger partial charge is 0.310 e. The summed E-state index contributed by atoms with van der Waals surface area (Å²) in [5.41, 5.74) is 0.